The van der Waals surface area contributed by atoms with Gasteiger partial charge in [0.1, 0.15) is 0 Å². The van der Waals surface area contributed by atoms with Gasteiger partial charge in [0.25, 0.3) is 0 Å². The number of carbonyl (C=O) groups is 1. The van der Waals surface area contributed by atoms with Crippen molar-refractivity contribution < 1.29 is 19.4 Å². The van der Waals surface area contributed by atoms with E-state index in [1.807, 2.05) is 6.92 Å². The van der Waals surface area contributed by atoms with Crippen molar-refractivity contribution in [2.45, 2.75) is 38.7 Å². The molecule has 16 heavy (non-hydrogen) atoms. The average Bonchev–Trinajstić information content (AvgIpc) is 2.30. The predicted octanol–water partition coefficient (Wildman–Crippen LogP) is 1.36. The normalized spacial score (nSPS) is 27.4. The average molecular weight is 230 g/mol. The van der Waals surface area contributed by atoms with Crippen molar-refractivity contribution in [1.29, 1.82) is 0 Å². The SMILES string of the molecule is CCOC(=O)C1CCC(C(O)COC)CC1. The zero-order valence-electron chi connectivity index (χ0n) is 10.1. The zero-order valence-corrected chi connectivity index (χ0v) is 10.1. The highest BCUT2D eigenvalue weighted by Gasteiger charge is 2.30. The number of methoxy groups -OCH3 is 1. The van der Waals surface area contributed by atoms with E-state index in [9.17, 15) is 9.90 Å². The summed E-state index contributed by atoms with van der Waals surface area (Å²) in [7, 11) is 1.59. The van der Waals surface area contributed by atoms with Gasteiger partial charge in [-0.05, 0) is 38.5 Å². The number of esters is 1. The van der Waals surface area contributed by atoms with Crippen LogP contribution in [0.25, 0.3) is 0 Å². The fourth-order valence-corrected chi connectivity index (χ4v) is 2.31. The second-order valence-electron chi connectivity index (χ2n) is 4.39. The minimum Gasteiger partial charge on any atom is -0.466 e. The lowest BCUT2D eigenvalue weighted by molar-refractivity contribution is -0.149. The number of aliphatic hydroxyl groups excluding tert-OH is 1. The van der Waals surface area contributed by atoms with Crippen molar-refractivity contribution in [3.05, 3.63) is 0 Å². The molecule has 94 valence electrons. The van der Waals surface area contributed by atoms with Crippen molar-refractivity contribution >= 4 is 5.97 Å². The maximum absolute atomic E-state index is 11.5. The van der Waals surface area contributed by atoms with Gasteiger partial charge in [0.05, 0.1) is 25.2 Å². The Morgan fingerprint density at radius 2 is 2.00 bits per heavy atom. The lowest BCUT2D eigenvalue weighted by atomic mass is 9.79. The molecule has 0 aromatic carbocycles. The monoisotopic (exact) mass is 230 g/mol. The lowest BCUT2D eigenvalue weighted by Crippen LogP contribution is -2.31. The summed E-state index contributed by atoms with van der Waals surface area (Å²) in [5.74, 6) is 0.221. The molecule has 1 atom stereocenters. The summed E-state index contributed by atoms with van der Waals surface area (Å²) < 4.78 is 9.93. The first-order valence-electron chi connectivity index (χ1n) is 6.02. The van der Waals surface area contributed by atoms with Crippen LogP contribution in [0.5, 0.6) is 0 Å². The van der Waals surface area contributed by atoms with E-state index in [4.69, 9.17) is 9.47 Å². The van der Waals surface area contributed by atoms with Crippen molar-refractivity contribution in [3.63, 3.8) is 0 Å². The van der Waals surface area contributed by atoms with Gasteiger partial charge in [0.15, 0.2) is 0 Å². The molecule has 0 bridgehead atoms. The third-order valence-electron chi connectivity index (χ3n) is 3.27. The first-order chi connectivity index (χ1) is 7.69. The molecule has 0 spiro atoms. The predicted molar refractivity (Wildman–Crippen MR) is 60.0 cm³/mol. The van der Waals surface area contributed by atoms with Crippen LogP contribution in [-0.4, -0.2) is 37.5 Å². The molecule has 1 N–H and O–H groups in total. The van der Waals surface area contributed by atoms with Crippen LogP contribution in [0.15, 0.2) is 0 Å². The molecular formula is C12H22O4. The van der Waals surface area contributed by atoms with E-state index < -0.39 is 6.10 Å². The van der Waals surface area contributed by atoms with Crippen molar-refractivity contribution in [1.82, 2.24) is 0 Å². The summed E-state index contributed by atoms with van der Waals surface area (Å²) in [4.78, 5) is 11.5. The van der Waals surface area contributed by atoms with Crippen LogP contribution < -0.4 is 0 Å². The molecule has 0 amide bonds. The second kappa shape index (κ2) is 6.86. The van der Waals surface area contributed by atoms with Gasteiger partial charge in [-0.1, -0.05) is 0 Å². The van der Waals surface area contributed by atoms with Crippen molar-refractivity contribution in [3.8, 4) is 0 Å². The molecule has 0 saturated heterocycles. The Bertz CT molecular complexity index is 209. The Labute approximate surface area is 96.9 Å². The van der Waals surface area contributed by atoms with Gasteiger partial charge in [0, 0.05) is 7.11 Å². The Morgan fingerprint density at radius 1 is 1.38 bits per heavy atom. The Kier molecular flexibility index (Phi) is 5.77. The minimum absolute atomic E-state index is 0.0333. The summed E-state index contributed by atoms with van der Waals surface area (Å²) in [5.41, 5.74) is 0. The third-order valence-corrected chi connectivity index (χ3v) is 3.27. The quantitative estimate of drug-likeness (QED) is 0.725. The van der Waals surface area contributed by atoms with Crippen molar-refractivity contribution in [2.24, 2.45) is 11.8 Å². The van der Waals surface area contributed by atoms with Gasteiger partial charge in [-0.15, -0.1) is 0 Å². The molecule has 0 radical (unpaired) electrons. The molecule has 4 heteroatoms. The first kappa shape index (κ1) is 13.5. The van der Waals surface area contributed by atoms with E-state index in [1.54, 1.807) is 7.11 Å². The minimum atomic E-state index is -0.395. The van der Waals surface area contributed by atoms with Gasteiger partial charge in [-0.2, -0.15) is 0 Å². The smallest absolute Gasteiger partial charge is 0.308 e. The van der Waals surface area contributed by atoms with Gasteiger partial charge >= 0.3 is 5.97 Å². The molecule has 0 aromatic rings. The number of carbonyl (C=O) groups excluding carboxylic acids is 1. The summed E-state index contributed by atoms with van der Waals surface area (Å²) in [6, 6.07) is 0. The maximum atomic E-state index is 11.5. The highest BCUT2D eigenvalue weighted by Crippen LogP contribution is 2.31. The topological polar surface area (TPSA) is 55.8 Å². The largest absolute Gasteiger partial charge is 0.466 e. The fraction of sp³-hybridized carbons (Fsp3) is 0.917. The Hall–Kier alpha value is -0.610. The Balaban J connectivity index is 2.30. The van der Waals surface area contributed by atoms with Crippen LogP contribution in [-0.2, 0) is 14.3 Å². The summed E-state index contributed by atoms with van der Waals surface area (Å²) in [6.07, 6.45) is 3.02. The van der Waals surface area contributed by atoms with E-state index in [1.165, 1.54) is 0 Å². The molecule has 1 saturated carbocycles. The number of hydrogen-bond acceptors (Lipinski definition) is 4. The fourth-order valence-electron chi connectivity index (χ4n) is 2.31. The number of aliphatic hydroxyl groups is 1. The highest BCUT2D eigenvalue weighted by atomic mass is 16.5. The maximum Gasteiger partial charge on any atom is 0.308 e. The van der Waals surface area contributed by atoms with Gasteiger partial charge < -0.3 is 14.6 Å². The third kappa shape index (κ3) is 3.76. The van der Waals surface area contributed by atoms with Crippen LogP contribution in [0.3, 0.4) is 0 Å². The molecule has 1 aliphatic rings. The molecule has 4 nitrogen and oxygen atoms in total. The van der Waals surface area contributed by atoms with Crippen LogP contribution in [0, 0.1) is 11.8 Å². The van der Waals surface area contributed by atoms with Gasteiger partial charge in [-0.3, -0.25) is 4.79 Å². The van der Waals surface area contributed by atoms with Gasteiger partial charge in [0.2, 0.25) is 0 Å². The molecule has 0 aliphatic heterocycles. The van der Waals surface area contributed by atoms with E-state index in [0.29, 0.717) is 13.2 Å². The summed E-state index contributed by atoms with van der Waals surface area (Å²) >= 11 is 0. The van der Waals surface area contributed by atoms with E-state index in [2.05, 4.69) is 0 Å². The van der Waals surface area contributed by atoms with E-state index in [0.717, 1.165) is 25.7 Å². The van der Waals surface area contributed by atoms with Crippen LogP contribution in [0.2, 0.25) is 0 Å². The molecular weight excluding hydrogens is 208 g/mol. The molecule has 1 fully saturated rings. The van der Waals surface area contributed by atoms with Crippen molar-refractivity contribution in [2.75, 3.05) is 20.3 Å². The summed E-state index contributed by atoms with van der Waals surface area (Å²) in [6.45, 7) is 2.66. The first-order valence-corrected chi connectivity index (χ1v) is 6.02. The molecule has 1 aliphatic carbocycles. The molecule has 0 aromatic heterocycles. The number of rotatable bonds is 5. The van der Waals surface area contributed by atoms with Crippen LogP contribution in [0.4, 0.5) is 0 Å². The molecule has 1 rings (SSSR count). The standard InChI is InChI=1S/C12H22O4/c1-3-16-12(14)10-6-4-9(5-7-10)11(13)8-15-2/h9-11,13H,3-8H2,1-2H3. The van der Waals surface area contributed by atoms with Gasteiger partial charge in [-0.25, -0.2) is 0 Å². The molecule has 0 heterocycles. The molecule has 1 unspecified atom stereocenters. The van der Waals surface area contributed by atoms with E-state index in [-0.39, 0.29) is 17.8 Å². The lowest BCUT2D eigenvalue weighted by Gasteiger charge is -2.30. The second-order valence-corrected chi connectivity index (χ2v) is 4.39. The van der Waals surface area contributed by atoms with Crippen LogP contribution >= 0.6 is 0 Å². The Morgan fingerprint density at radius 3 is 2.50 bits per heavy atom. The summed E-state index contributed by atoms with van der Waals surface area (Å²) in [5, 5.41) is 9.76. The van der Waals surface area contributed by atoms with E-state index >= 15 is 0 Å². The highest BCUT2D eigenvalue weighted by molar-refractivity contribution is 5.72. The van der Waals surface area contributed by atoms with Crippen LogP contribution in [0.1, 0.15) is 32.6 Å². The zero-order chi connectivity index (χ0) is 12.0. The number of hydrogen-bond donors (Lipinski definition) is 1. The number of ether oxygens (including phenoxy) is 2.